The van der Waals surface area contributed by atoms with Crippen LogP contribution in [0.25, 0.3) is 0 Å². The van der Waals surface area contributed by atoms with Crippen LogP contribution in [-0.4, -0.2) is 99.6 Å². The zero-order valence-electron chi connectivity index (χ0n) is 51.4. The number of carbonyl (C=O) groups is 2. The average Bonchev–Trinajstić information content (AvgIpc) is 3.46. The Morgan fingerprint density at radius 3 is 1.35 bits per heavy atom. The van der Waals surface area contributed by atoms with Gasteiger partial charge >= 0.3 is 5.97 Å². The molecule has 1 amide bonds. The summed E-state index contributed by atoms with van der Waals surface area (Å²) in [5.41, 5.74) is 0. The van der Waals surface area contributed by atoms with Crippen molar-refractivity contribution in [2.75, 3.05) is 13.2 Å². The third-order valence-corrected chi connectivity index (χ3v) is 15.4. The van der Waals surface area contributed by atoms with Gasteiger partial charge < -0.3 is 45.1 Å². The minimum Gasteiger partial charge on any atom is -0.454 e. The van der Waals surface area contributed by atoms with Gasteiger partial charge in [0.15, 0.2) is 12.4 Å². The zero-order valence-corrected chi connectivity index (χ0v) is 51.4. The standard InChI is InChI=1S/C69H123NO10/c1-4-7-10-13-16-19-22-25-27-28-29-30-31-32-33-34-35-36-37-39-42-45-48-51-54-57-64(74)80-67-66(76)65(75)63(58-71)79-69(67)78-59-60(61(72)55-52-49-46-43-40-24-21-18-15-12-9-6-3)70-68(77)62(73)56-53-50-47-44-41-38-26-23-20-17-14-11-8-5-2/h7,10,16,19,25,27,29-30,32-33,52,55,60-63,65-67,69,71-73,75-76H,4-6,8-9,11-15,17-18,20-24,26,28,31,34-51,53-54,56-59H2,1-3H3,(H,70,77)/b10-7-,19-16-,27-25-,30-29-,33-32-,55-52+. The van der Waals surface area contributed by atoms with Gasteiger partial charge in [-0.3, -0.25) is 9.59 Å². The second kappa shape index (κ2) is 56.6. The maximum absolute atomic E-state index is 13.4. The molecular weight excluding hydrogens is 1000 g/mol. The number of carbonyl (C=O) groups excluding carboxylic acids is 2. The van der Waals surface area contributed by atoms with Crippen LogP contribution in [0.2, 0.25) is 0 Å². The molecule has 0 radical (unpaired) electrons. The van der Waals surface area contributed by atoms with Gasteiger partial charge in [-0.05, 0) is 70.6 Å². The fraction of sp³-hybridized carbons (Fsp3) is 0.797. The Balaban J connectivity index is 2.59. The number of hydrogen-bond donors (Lipinski definition) is 6. The van der Waals surface area contributed by atoms with Gasteiger partial charge in [-0.15, -0.1) is 0 Å². The van der Waals surface area contributed by atoms with Crippen LogP contribution in [-0.2, 0) is 23.8 Å². The van der Waals surface area contributed by atoms with Crippen LogP contribution in [0.5, 0.6) is 0 Å². The van der Waals surface area contributed by atoms with Gasteiger partial charge in [-0.2, -0.15) is 0 Å². The minimum absolute atomic E-state index is 0.115. The summed E-state index contributed by atoms with van der Waals surface area (Å²) in [5.74, 6) is -1.19. The third kappa shape index (κ3) is 43.7. The van der Waals surface area contributed by atoms with Crippen LogP contribution >= 0.6 is 0 Å². The van der Waals surface area contributed by atoms with Crippen LogP contribution in [0.15, 0.2) is 72.9 Å². The molecule has 1 fully saturated rings. The average molecular weight is 1130 g/mol. The first-order chi connectivity index (χ1) is 39.2. The Labute approximate surface area is 490 Å². The minimum atomic E-state index is -1.62. The number of ether oxygens (including phenoxy) is 3. The van der Waals surface area contributed by atoms with E-state index >= 15 is 0 Å². The second-order valence-corrected chi connectivity index (χ2v) is 22.8. The summed E-state index contributed by atoms with van der Waals surface area (Å²) in [4.78, 5) is 26.6. The number of allylic oxidation sites excluding steroid dienone is 11. The van der Waals surface area contributed by atoms with Crippen LogP contribution in [0.4, 0.5) is 0 Å². The van der Waals surface area contributed by atoms with E-state index < -0.39 is 67.4 Å². The molecule has 6 N–H and O–H groups in total. The number of nitrogens with one attached hydrogen (secondary N) is 1. The van der Waals surface area contributed by atoms with E-state index in [1.54, 1.807) is 6.08 Å². The monoisotopic (exact) mass is 1130 g/mol. The van der Waals surface area contributed by atoms with Gasteiger partial charge in [0.2, 0.25) is 5.91 Å². The fourth-order valence-corrected chi connectivity index (χ4v) is 10.1. The molecule has 8 unspecified atom stereocenters. The predicted octanol–water partition coefficient (Wildman–Crippen LogP) is 16.3. The van der Waals surface area contributed by atoms with Crippen LogP contribution in [0, 0.1) is 0 Å². The molecule has 1 aliphatic heterocycles. The molecular formula is C69H123NO10. The molecule has 0 saturated carbocycles. The van der Waals surface area contributed by atoms with E-state index in [2.05, 4.69) is 86.8 Å². The third-order valence-electron chi connectivity index (χ3n) is 15.4. The van der Waals surface area contributed by atoms with Gasteiger partial charge in [0.25, 0.3) is 0 Å². The Kier molecular flexibility index (Phi) is 53.1. The lowest BCUT2D eigenvalue weighted by Crippen LogP contribution is -2.61. The quantitative estimate of drug-likeness (QED) is 0.0195. The van der Waals surface area contributed by atoms with Crippen molar-refractivity contribution in [3.63, 3.8) is 0 Å². The van der Waals surface area contributed by atoms with E-state index in [0.29, 0.717) is 19.3 Å². The SMILES string of the molecule is CC/C=C\C/C=C\C/C=C\C/C=C\C/C=C\CCCCCCCCCCCC(=O)OC1C(OCC(NC(=O)C(O)CCCCCCCCCCCCCCCC)C(O)/C=C/CCCCCCCCCCCC)OC(CO)C(O)C1O. The fourth-order valence-electron chi connectivity index (χ4n) is 10.1. The number of aliphatic hydroxyl groups excluding tert-OH is 5. The molecule has 0 aliphatic carbocycles. The Morgan fingerprint density at radius 1 is 0.500 bits per heavy atom. The van der Waals surface area contributed by atoms with Gasteiger partial charge in [-0.25, -0.2) is 0 Å². The van der Waals surface area contributed by atoms with Crippen molar-refractivity contribution in [3.8, 4) is 0 Å². The molecule has 8 atom stereocenters. The molecule has 11 nitrogen and oxygen atoms in total. The van der Waals surface area contributed by atoms with Crippen molar-refractivity contribution in [2.24, 2.45) is 0 Å². The highest BCUT2D eigenvalue weighted by molar-refractivity contribution is 5.80. The summed E-state index contributed by atoms with van der Waals surface area (Å²) < 4.78 is 17.7. The van der Waals surface area contributed by atoms with E-state index in [4.69, 9.17) is 14.2 Å². The Morgan fingerprint density at radius 2 is 0.900 bits per heavy atom. The topological polar surface area (TPSA) is 175 Å². The van der Waals surface area contributed by atoms with Crippen LogP contribution in [0.3, 0.4) is 0 Å². The summed E-state index contributed by atoms with van der Waals surface area (Å²) >= 11 is 0. The van der Waals surface area contributed by atoms with Crippen molar-refractivity contribution < 1.29 is 49.3 Å². The maximum atomic E-state index is 13.4. The molecule has 0 aromatic heterocycles. The first-order valence-corrected chi connectivity index (χ1v) is 33.2. The largest absolute Gasteiger partial charge is 0.454 e. The molecule has 464 valence electrons. The van der Waals surface area contributed by atoms with Gasteiger partial charge in [0, 0.05) is 6.42 Å². The van der Waals surface area contributed by atoms with E-state index in [9.17, 15) is 35.1 Å². The molecule has 1 heterocycles. The summed E-state index contributed by atoms with van der Waals surface area (Å²) in [6.07, 6.45) is 62.2. The highest BCUT2D eigenvalue weighted by Gasteiger charge is 2.47. The first kappa shape index (κ1) is 75.1. The number of amides is 1. The number of unbranched alkanes of at least 4 members (excludes halogenated alkanes) is 32. The molecule has 80 heavy (non-hydrogen) atoms. The Hall–Kier alpha value is -2.90. The highest BCUT2D eigenvalue weighted by Crippen LogP contribution is 2.26. The van der Waals surface area contributed by atoms with Gasteiger partial charge in [-0.1, -0.05) is 286 Å². The van der Waals surface area contributed by atoms with Crippen molar-refractivity contribution in [1.82, 2.24) is 5.32 Å². The molecule has 0 spiro atoms. The lowest BCUT2D eigenvalue weighted by molar-refractivity contribution is -0.305. The number of hydrogen-bond acceptors (Lipinski definition) is 10. The summed E-state index contributed by atoms with van der Waals surface area (Å²) in [6.45, 7) is 5.69. The number of aliphatic hydroxyl groups is 5. The van der Waals surface area contributed by atoms with Crippen molar-refractivity contribution in [2.45, 2.75) is 339 Å². The molecule has 1 rings (SSSR count). The summed E-state index contributed by atoms with van der Waals surface area (Å²) in [6, 6.07) is -1.02. The molecule has 0 aromatic rings. The smallest absolute Gasteiger partial charge is 0.306 e. The molecule has 1 aliphatic rings. The lowest BCUT2D eigenvalue weighted by atomic mass is 9.99. The maximum Gasteiger partial charge on any atom is 0.306 e. The number of esters is 1. The highest BCUT2D eigenvalue weighted by atomic mass is 16.7. The van der Waals surface area contributed by atoms with Gasteiger partial charge in [0.05, 0.1) is 25.4 Å². The van der Waals surface area contributed by atoms with Crippen LogP contribution in [0.1, 0.15) is 290 Å². The molecule has 1 saturated heterocycles. The van der Waals surface area contributed by atoms with E-state index in [1.165, 1.54) is 141 Å². The van der Waals surface area contributed by atoms with Crippen molar-refractivity contribution in [3.05, 3.63) is 72.9 Å². The summed E-state index contributed by atoms with van der Waals surface area (Å²) in [7, 11) is 0. The van der Waals surface area contributed by atoms with Crippen molar-refractivity contribution >= 4 is 11.9 Å². The first-order valence-electron chi connectivity index (χ1n) is 33.2. The lowest BCUT2D eigenvalue weighted by Gasteiger charge is -2.41. The molecule has 11 heteroatoms. The zero-order chi connectivity index (χ0) is 58.2. The molecule has 0 bridgehead atoms. The Bertz CT molecular complexity index is 1580. The predicted molar refractivity (Wildman–Crippen MR) is 333 cm³/mol. The molecule has 0 aromatic carbocycles. The van der Waals surface area contributed by atoms with E-state index in [-0.39, 0.29) is 13.0 Å². The summed E-state index contributed by atoms with van der Waals surface area (Å²) in [5, 5.41) is 57.1. The van der Waals surface area contributed by atoms with Gasteiger partial charge in [0.1, 0.15) is 24.4 Å². The van der Waals surface area contributed by atoms with Crippen molar-refractivity contribution in [1.29, 1.82) is 0 Å². The number of rotatable bonds is 56. The van der Waals surface area contributed by atoms with Crippen LogP contribution < -0.4 is 5.32 Å². The van der Waals surface area contributed by atoms with E-state index in [1.807, 2.05) is 6.08 Å². The van der Waals surface area contributed by atoms with E-state index in [0.717, 1.165) is 103 Å². The second-order valence-electron chi connectivity index (χ2n) is 22.8. The normalized spacial score (nSPS) is 19.2.